The van der Waals surface area contributed by atoms with E-state index < -0.39 is 10.0 Å². The van der Waals surface area contributed by atoms with Crippen molar-refractivity contribution in [3.8, 4) is 17.0 Å². The minimum absolute atomic E-state index is 0.0371. The number of thiazole rings is 1. The van der Waals surface area contributed by atoms with E-state index in [1.807, 2.05) is 31.4 Å². The number of aromatic nitrogens is 2. The number of ether oxygens (including phenoxy) is 1. The van der Waals surface area contributed by atoms with Gasteiger partial charge in [0.15, 0.2) is 0 Å². The second kappa shape index (κ2) is 7.94. The van der Waals surface area contributed by atoms with Crippen LogP contribution in [0.5, 0.6) is 5.75 Å². The Labute approximate surface area is 157 Å². The lowest BCUT2D eigenvalue weighted by molar-refractivity contribution is 0.242. The summed E-state index contributed by atoms with van der Waals surface area (Å²) in [4.78, 5) is 8.64. The van der Waals surface area contributed by atoms with Gasteiger partial charge in [0.25, 0.3) is 0 Å². The molecule has 8 heteroatoms. The molecule has 0 spiro atoms. The van der Waals surface area contributed by atoms with Gasteiger partial charge in [-0.25, -0.2) is 18.1 Å². The molecule has 1 aromatic carbocycles. The zero-order chi connectivity index (χ0) is 18.6. The first-order valence-electron chi connectivity index (χ1n) is 8.05. The van der Waals surface area contributed by atoms with E-state index in [1.54, 1.807) is 24.5 Å². The number of hydrogen-bond acceptors (Lipinski definition) is 6. The minimum Gasteiger partial charge on any atom is -0.491 e. The summed E-state index contributed by atoms with van der Waals surface area (Å²) < 4.78 is 33.0. The average Bonchev–Trinajstić information content (AvgIpc) is 3.10. The largest absolute Gasteiger partial charge is 0.491 e. The molecule has 0 aliphatic carbocycles. The van der Waals surface area contributed by atoms with Gasteiger partial charge in [0.05, 0.1) is 23.2 Å². The van der Waals surface area contributed by atoms with Gasteiger partial charge in [0.1, 0.15) is 10.8 Å². The molecule has 0 aliphatic rings. The Hall–Kier alpha value is -2.29. The van der Waals surface area contributed by atoms with Gasteiger partial charge in [-0.1, -0.05) is 0 Å². The molecule has 3 aromatic rings. The standard InChI is InChI=1S/C18H19N3O3S2/c1-13(2)24-15-3-5-16(6-4-15)26(22,23)20-11-18-21-17(12-25-18)14-7-9-19-10-8-14/h3-10,12-13,20H,11H2,1-2H3. The molecule has 1 N–H and O–H groups in total. The number of nitrogens with zero attached hydrogens (tertiary/aromatic N) is 2. The van der Waals surface area contributed by atoms with Gasteiger partial charge in [-0.2, -0.15) is 0 Å². The number of rotatable bonds is 7. The first-order chi connectivity index (χ1) is 12.4. The molecule has 26 heavy (non-hydrogen) atoms. The number of benzene rings is 1. The highest BCUT2D eigenvalue weighted by atomic mass is 32.2. The quantitative estimate of drug-likeness (QED) is 0.669. The van der Waals surface area contributed by atoms with Gasteiger partial charge in [-0.15, -0.1) is 11.3 Å². The van der Waals surface area contributed by atoms with Crippen LogP contribution in [0.25, 0.3) is 11.3 Å². The van der Waals surface area contributed by atoms with Crippen molar-refractivity contribution in [2.24, 2.45) is 0 Å². The summed E-state index contributed by atoms with van der Waals surface area (Å²) in [6, 6.07) is 10.1. The molecule has 0 aliphatic heterocycles. The molecule has 0 saturated heterocycles. The van der Waals surface area contributed by atoms with Gasteiger partial charge in [0.2, 0.25) is 10.0 Å². The summed E-state index contributed by atoms with van der Waals surface area (Å²) in [6.07, 6.45) is 3.43. The predicted molar refractivity (Wildman–Crippen MR) is 102 cm³/mol. The van der Waals surface area contributed by atoms with Crippen LogP contribution in [0.3, 0.4) is 0 Å². The van der Waals surface area contributed by atoms with Crippen molar-refractivity contribution >= 4 is 21.4 Å². The maximum absolute atomic E-state index is 12.4. The SMILES string of the molecule is CC(C)Oc1ccc(S(=O)(=O)NCc2nc(-c3ccncc3)cs2)cc1. The molecule has 6 nitrogen and oxygen atoms in total. The summed E-state index contributed by atoms with van der Waals surface area (Å²) in [5, 5.41) is 2.59. The first-order valence-corrected chi connectivity index (χ1v) is 10.4. The molecule has 0 atom stereocenters. The van der Waals surface area contributed by atoms with Crippen molar-refractivity contribution in [1.29, 1.82) is 0 Å². The fraction of sp³-hybridized carbons (Fsp3) is 0.222. The normalized spacial score (nSPS) is 11.7. The van der Waals surface area contributed by atoms with E-state index in [-0.39, 0.29) is 17.5 Å². The van der Waals surface area contributed by atoms with Crippen LogP contribution in [0.1, 0.15) is 18.9 Å². The zero-order valence-electron chi connectivity index (χ0n) is 14.4. The minimum atomic E-state index is -3.61. The zero-order valence-corrected chi connectivity index (χ0v) is 16.0. The summed E-state index contributed by atoms with van der Waals surface area (Å²) in [7, 11) is -3.61. The first kappa shape index (κ1) is 18.5. The average molecular weight is 390 g/mol. The Bertz CT molecular complexity index is 953. The molecule has 136 valence electrons. The van der Waals surface area contributed by atoms with Crippen molar-refractivity contribution in [3.63, 3.8) is 0 Å². The molecule has 3 rings (SSSR count). The van der Waals surface area contributed by atoms with Gasteiger partial charge < -0.3 is 4.74 Å². The van der Waals surface area contributed by atoms with Crippen molar-refractivity contribution < 1.29 is 13.2 Å². The highest BCUT2D eigenvalue weighted by Gasteiger charge is 2.15. The fourth-order valence-electron chi connectivity index (χ4n) is 2.26. The Morgan fingerprint density at radius 1 is 1.12 bits per heavy atom. The van der Waals surface area contributed by atoms with Crippen LogP contribution < -0.4 is 9.46 Å². The van der Waals surface area contributed by atoms with Crippen molar-refractivity contribution in [3.05, 3.63) is 59.2 Å². The maximum atomic E-state index is 12.4. The Balaban J connectivity index is 1.66. The molecular formula is C18H19N3O3S2. The van der Waals surface area contributed by atoms with Crippen molar-refractivity contribution in [1.82, 2.24) is 14.7 Å². The topological polar surface area (TPSA) is 81.2 Å². The molecule has 0 radical (unpaired) electrons. The van der Waals surface area contributed by atoms with Crippen LogP contribution in [-0.4, -0.2) is 24.5 Å². The molecule has 0 amide bonds. The van der Waals surface area contributed by atoms with E-state index in [9.17, 15) is 8.42 Å². The molecule has 0 saturated carbocycles. The Morgan fingerprint density at radius 2 is 1.81 bits per heavy atom. The van der Waals surface area contributed by atoms with E-state index >= 15 is 0 Å². The number of nitrogens with one attached hydrogen (secondary N) is 1. The second-order valence-corrected chi connectivity index (χ2v) is 8.53. The van der Waals surface area contributed by atoms with E-state index in [2.05, 4.69) is 14.7 Å². The van der Waals surface area contributed by atoms with E-state index in [4.69, 9.17) is 4.74 Å². The van der Waals surface area contributed by atoms with Crippen LogP contribution in [0.4, 0.5) is 0 Å². The highest BCUT2D eigenvalue weighted by Crippen LogP contribution is 2.22. The number of pyridine rings is 1. The third-order valence-electron chi connectivity index (χ3n) is 3.45. The summed E-state index contributed by atoms with van der Waals surface area (Å²) in [6.45, 7) is 3.98. The monoisotopic (exact) mass is 389 g/mol. The smallest absolute Gasteiger partial charge is 0.240 e. The molecule has 2 aromatic heterocycles. The third-order valence-corrected chi connectivity index (χ3v) is 5.71. The summed E-state index contributed by atoms with van der Waals surface area (Å²) in [5.74, 6) is 0.640. The van der Waals surface area contributed by atoms with Crippen molar-refractivity contribution in [2.45, 2.75) is 31.4 Å². The molecule has 0 fully saturated rings. The Kier molecular flexibility index (Phi) is 5.65. The van der Waals surface area contributed by atoms with Crippen LogP contribution in [0.2, 0.25) is 0 Å². The second-order valence-electron chi connectivity index (χ2n) is 5.82. The van der Waals surface area contributed by atoms with Crippen LogP contribution in [0.15, 0.2) is 59.1 Å². The molecular weight excluding hydrogens is 370 g/mol. The van der Waals surface area contributed by atoms with Crippen LogP contribution in [0, 0.1) is 0 Å². The molecule has 0 bridgehead atoms. The Morgan fingerprint density at radius 3 is 2.46 bits per heavy atom. The van der Waals surface area contributed by atoms with Crippen molar-refractivity contribution in [2.75, 3.05) is 0 Å². The number of hydrogen-bond donors (Lipinski definition) is 1. The predicted octanol–water partition coefficient (Wildman–Crippen LogP) is 3.47. The highest BCUT2D eigenvalue weighted by molar-refractivity contribution is 7.89. The van der Waals surface area contributed by atoms with Gasteiger partial charge >= 0.3 is 0 Å². The lowest BCUT2D eigenvalue weighted by Gasteiger charge is -2.10. The van der Waals surface area contributed by atoms with Gasteiger partial charge in [-0.05, 0) is 50.2 Å². The fourth-order valence-corrected chi connectivity index (χ4v) is 4.08. The maximum Gasteiger partial charge on any atom is 0.240 e. The lowest BCUT2D eigenvalue weighted by atomic mass is 10.2. The molecule has 2 heterocycles. The van der Waals surface area contributed by atoms with E-state index in [0.29, 0.717) is 10.8 Å². The van der Waals surface area contributed by atoms with Crippen LogP contribution >= 0.6 is 11.3 Å². The van der Waals surface area contributed by atoms with E-state index in [1.165, 1.54) is 23.5 Å². The summed E-state index contributed by atoms with van der Waals surface area (Å²) in [5.41, 5.74) is 1.76. The van der Waals surface area contributed by atoms with E-state index in [0.717, 1.165) is 11.3 Å². The lowest BCUT2D eigenvalue weighted by Crippen LogP contribution is -2.23. The van der Waals surface area contributed by atoms with Crippen LogP contribution in [-0.2, 0) is 16.6 Å². The third kappa shape index (κ3) is 4.66. The molecule has 0 unspecified atom stereocenters. The summed E-state index contributed by atoms with van der Waals surface area (Å²) >= 11 is 1.41. The van der Waals surface area contributed by atoms with Gasteiger partial charge in [-0.3, -0.25) is 4.98 Å². The van der Waals surface area contributed by atoms with Gasteiger partial charge in [0, 0.05) is 23.3 Å². The number of sulfonamides is 1.